The highest BCUT2D eigenvalue weighted by Crippen LogP contribution is 2.28. The van der Waals surface area contributed by atoms with E-state index in [0.29, 0.717) is 5.75 Å². The molecular formula is C9H11N3O4. The summed E-state index contributed by atoms with van der Waals surface area (Å²) in [6.07, 6.45) is 0. The van der Waals surface area contributed by atoms with Gasteiger partial charge in [0.25, 0.3) is 5.69 Å². The standard InChI is InChI=1S/C9H11N3O4/c1-16-6-2-3-7(11-9(13)5-10)8(4-6)12(14)15/h2-4H,5,10H2,1H3,(H,11,13). The van der Waals surface area contributed by atoms with E-state index in [2.05, 4.69) is 5.32 Å². The number of benzene rings is 1. The maximum absolute atomic E-state index is 11.0. The fraction of sp³-hybridized carbons (Fsp3) is 0.222. The summed E-state index contributed by atoms with van der Waals surface area (Å²) in [6, 6.07) is 4.13. The van der Waals surface area contributed by atoms with Crippen molar-refractivity contribution >= 4 is 17.3 Å². The van der Waals surface area contributed by atoms with Crippen LogP contribution >= 0.6 is 0 Å². The molecule has 7 nitrogen and oxygen atoms in total. The molecule has 0 fully saturated rings. The SMILES string of the molecule is COc1ccc(NC(=O)CN)c([N+](=O)[O-])c1. The highest BCUT2D eigenvalue weighted by molar-refractivity contribution is 5.94. The Morgan fingerprint density at radius 3 is 2.81 bits per heavy atom. The molecule has 7 heteroatoms. The number of nitrogens with one attached hydrogen (secondary N) is 1. The van der Waals surface area contributed by atoms with Crippen molar-refractivity contribution < 1.29 is 14.5 Å². The second-order valence-corrected chi connectivity index (χ2v) is 2.89. The number of hydrogen-bond donors (Lipinski definition) is 2. The van der Waals surface area contributed by atoms with E-state index in [1.807, 2.05) is 0 Å². The van der Waals surface area contributed by atoms with Gasteiger partial charge >= 0.3 is 0 Å². The number of carbonyl (C=O) groups is 1. The van der Waals surface area contributed by atoms with E-state index in [1.165, 1.54) is 25.3 Å². The van der Waals surface area contributed by atoms with Gasteiger partial charge in [-0.05, 0) is 12.1 Å². The monoisotopic (exact) mass is 225 g/mol. The lowest BCUT2D eigenvalue weighted by Crippen LogP contribution is -2.22. The van der Waals surface area contributed by atoms with E-state index in [-0.39, 0.29) is 17.9 Å². The molecule has 1 aromatic rings. The summed E-state index contributed by atoms with van der Waals surface area (Å²) in [7, 11) is 1.40. The summed E-state index contributed by atoms with van der Waals surface area (Å²) >= 11 is 0. The van der Waals surface area contributed by atoms with Gasteiger partial charge in [-0.2, -0.15) is 0 Å². The lowest BCUT2D eigenvalue weighted by Gasteiger charge is -2.06. The molecule has 3 N–H and O–H groups in total. The maximum Gasteiger partial charge on any atom is 0.296 e. The Hall–Kier alpha value is -2.15. The zero-order valence-electron chi connectivity index (χ0n) is 8.60. The fourth-order valence-electron chi connectivity index (χ4n) is 1.10. The minimum atomic E-state index is -0.603. The van der Waals surface area contributed by atoms with Gasteiger partial charge in [-0.15, -0.1) is 0 Å². The van der Waals surface area contributed by atoms with Gasteiger partial charge in [-0.1, -0.05) is 0 Å². The van der Waals surface area contributed by atoms with Crippen LogP contribution in [0.2, 0.25) is 0 Å². The summed E-state index contributed by atoms with van der Waals surface area (Å²) < 4.78 is 4.85. The number of nitrogens with two attached hydrogens (primary N) is 1. The van der Waals surface area contributed by atoms with Gasteiger partial charge in [0.2, 0.25) is 5.91 Å². The van der Waals surface area contributed by atoms with Crippen LogP contribution in [0.1, 0.15) is 0 Å². The van der Waals surface area contributed by atoms with Crippen LogP contribution in [0.3, 0.4) is 0 Å². The molecule has 0 aliphatic heterocycles. The van der Waals surface area contributed by atoms with Crippen LogP contribution in [0.5, 0.6) is 5.75 Å². The molecule has 0 aromatic heterocycles. The summed E-state index contributed by atoms with van der Waals surface area (Å²) in [5.74, 6) is -0.147. The van der Waals surface area contributed by atoms with Crippen molar-refractivity contribution in [2.24, 2.45) is 5.73 Å². The first-order valence-electron chi connectivity index (χ1n) is 4.41. The molecule has 1 aromatic carbocycles. The largest absolute Gasteiger partial charge is 0.496 e. The van der Waals surface area contributed by atoms with Gasteiger partial charge in [-0.3, -0.25) is 14.9 Å². The van der Waals surface area contributed by atoms with Crippen LogP contribution in [0.4, 0.5) is 11.4 Å². The van der Waals surface area contributed by atoms with Crippen LogP contribution in [-0.4, -0.2) is 24.5 Å². The lowest BCUT2D eigenvalue weighted by atomic mass is 10.2. The highest BCUT2D eigenvalue weighted by atomic mass is 16.6. The molecule has 0 heterocycles. The minimum absolute atomic E-state index is 0.0984. The minimum Gasteiger partial charge on any atom is -0.496 e. The van der Waals surface area contributed by atoms with Gasteiger partial charge in [0.05, 0.1) is 24.6 Å². The fourth-order valence-corrected chi connectivity index (χ4v) is 1.10. The lowest BCUT2D eigenvalue weighted by molar-refractivity contribution is -0.384. The van der Waals surface area contributed by atoms with Crippen LogP contribution in [-0.2, 0) is 4.79 Å². The Morgan fingerprint density at radius 2 is 2.31 bits per heavy atom. The molecule has 0 spiro atoms. The molecule has 0 saturated carbocycles. The third kappa shape index (κ3) is 2.67. The number of carbonyl (C=O) groups excluding carboxylic acids is 1. The molecule has 0 unspecified atom stereocenters. The number of ether oxygens (including phenoxy) is 1. The first-order chi connectivity index (χ1) is 7.58. The molecule has 0 radical (unpaired) electrons. The predicted octanol–water partition coefficient (Wildman–Crippen LogP) is 0.501. The van der Waals surface area contributed by atoms with Crippen molar-refractivity contribution in [1.29, 1.82) is 0 Å². The number of hydrogen-bond acceptors (Lipinski definition) is 5. The van der Waals surface area contributed by atoms with Crippen LogP contribution < -0.4 is 15.8 Å². The molecule has 86 valence electrons. The van der Waals surface area contributed by atoms with Gasteiger partial charge < -0.3 is 15.8 Å². The summed E-state index contributed by atoms with van der Waals surface area (Å²) in [5, 5.41) is 13.1. The Morgan fingerprint density at radius 1 is 1.62 bits per heavy atom. The van der Waals surface area contributed by atoms with E-state index in [4.69, 9.17) is 10.5 Å². The second-order valence-electron chi connectivity index (χ2n) is 2.89. The molecule has 1 amide bonds. The molecular weight excluding hydrogens is 214 g/mol. The molecule has 0 aliphatic carbocycles. The normalized spacial score (nSPS) is 9.62. The van der Waals surface area contributed by atoms with Gasteiger partial charge in [-0.25, -0.2) is 0 Å². The first-order valence-corrected chi connectivity index (χ1v) is 4.41. The average molecular weight is 225 g/mol. The molecule has 1 rings (SSSR count). The summed E-state index contributed by atoms with van der Waals surface area (Å²) in [5.41, 5.74) is 4.96. The van der Waals surface area contributed by atoms with Crippen LogP contribution in [0.15, 0.2) is 18.2 Å². The average Bonchev–Trinajstić information content (AvgIpc) is 2.29. The van der Waals surface area contributed by atoms with Crippen molar-refractivity contribution in [2.75, 3.05) is 19.0 Å². The number of methoxy groups -OCH3 is 1. The van der Waals surface area contributed by atoms with Crippen LogP contribution in [0.25, 0.3) is 0 Å². The Balaban J connectivity index is 3.08. The van der Waals surface area contributed by atoms with Gasteiger partial charge in [0.15, 0.2) is 0 Å². The molecule has 16 heavy (non-hydrogen) atoms. The van der Waals surface area contributed by atoms with Crippen molar-refractivity contribution in [2.45, 2.75) is 0 Å². The highest BCUT2D eigenvalue weighted by Gasteiger charge is 2.16. The zero-order chi connectivity index (χ0) is 12.1. The smallest absolute Gasteiger partial charge is 0.296 e. The molecule has 0 aliphatic rings. The van der Waals surface area contributed by atoms with Gasteiger partial charge in [0, 0.05) is 0 Å². The number of nitrogens with zero attached hydrogens (tertiary/aromatic N) is 1. The third-order valence-corrected chi connectivity index (χ3v) is 1.86. The Bertz CT molecular complexity index is 419. The van der Waals surface area contributed by atoms with E-state index in [1.54, 1.807) is 0 Å². The van der Waals surface area contributed by atoms with E-state index in [9.17, 15) is 14.9 Å². The topological polar surface area (TPSA) is 107 Å². The first kappa shape index (κ1) is 11.9. The Labute approximate surface area is 91.3 Å². The van der Waals surface area contributed by atoms with E-state index < -0.39 is 10.8 Å². The zero-order valence-corrected chi connectivity index (χ0v) is 8.60. The predicted molar refractivity (Wildman–Crippen MR) is 57.3 cm³/mol. The third-order valence-electron chi connectivity index (χ3n) is 1.86. The number of rotatable bonds is 4. The van der Waals surface area contributed by atoms with Gasteiger partial charge in [0.1, 0.15) is 11.4 Å². The number of anilines is 1. The second kappa shape index (κ2) is 5.08. The number of nitro benzene ring substituents is 1. The van der Waals surface area contributed by atoms with Crippen molar-refractivity contribution in [3.8, 4) is 5.75 Å². The molecule has 0 bridgehead atoms. The quantitative estimate of drug-likeness (QED) is 0.573. The van der Waals surface area contributed by atoms with Crippen molar-refractivity contribution in [3.05, 3.63) is 28.3 Å². The number of nitro groups is 1. The van der Waals surface area contributed by atoms with E-state index >= 15 is 0 Å². The van der Waals surface area contributed by atoms with E-state index in [0.717, 1.165) is 0 Å². The summed E-state index contributed by atoms with van der Waals surface area (Å²) in [6.45, 7) is -0.233. The molecule has 0 saturated heterocycles. The van der Waals surface area contributed by atoms with Crippen molar-refractivity contribution in [1.82, 2.24) is 0 Å². The van der Waals surface area contributed by atoms with Crippen molar-refractivity contribution in [3.63, 3.8) is 0 Å². The van der Waals surface area contributed by atoms with Crippen LogP contribution in [0, 0.1) is 10.1 Å². The molecule has 0 atom stereocenters. The number of amides is 1. The maximum atomic E-state index is 11.0. The summed E-state index contributed by atoms with van der Waals surface area (Å²) in [4.78, 5) is 21.1. The Kier molecular flexibility index (Phi) is 3.78.